The normalized spacial score (nSPS) is 19.0. The maximum atomic E-state index is 12.9. The first-order chi connectivity index (χ1) is 32.8. The molecule has 67 heavy (non-hydrogen) atoms. The Labute approximate surface area is 411 Å². The Balaban J connectivity index is 2.21. The molecule has 1 aliphatic rings. The number of aliphatic hydroxyl groups excluding tert-OH is 4. The highest BCUT2D eigenvalue weighted by Crippen LogP contribution is 2.23. The third-order valence-electron chi connectivity index (χ3n) is 13.7. The van der Waals surface area contributed by atoms with Crippen LogP contribution in [0.4, 0.5) is 0 Å². The standard InChI is InChI=1S/C57H108O10/c1-3-5-7-9-11-13-15-17-19-21-23-24-25-26-28-30-32-34-36-38-40-42-44-46-53(60)66-50(49-65-57-56(63)55(62)54(61)51(47-58)67-57)48-64-52(59)45-43-41-39-37-35-33-31-29-27-22-20-18-16-14-12-10-8-6-4-2/h38,40,50-51,54-58,61-63H,3-37,39,41-49H2,1-2H3/b40-38+/t50-,51-,54+,55?,56?,57-/m1/s1. The summed E-state index contributed by atoms with van der Waals surface area (Å²) < 4.78 is 22.3. The van der Waals surface area contributed by atoms with Crippen LogP contribution in [0.25, 0.3) is 0 Å². The number of esters is 2. The summed E-state index contributed by atoms with van der Waals surface area (Å²) in [7, 11) is 0. The topological polar surface area (TPSA) is 152 Å². The van der Waals surface area contributed by atoms with Gasteiger partial charge in [-0.05, 0) is 32.1 Å². The van der Waals surface area contributed by atoms with Crippen LogP contribution in [0.5, 0.6) is 0 Å². The minimum atomic E-state index is -1.60. The Kier molecular flexibility index (Phi) is 45.5. The molecular weight excluding hydrogens is 845 g/mol. The predicted octanol–water partition coefficient (Wildman–Crippen LogP) is 14.2. The molecule has 1 heterocycles. The molecule has 0 bridgehead atoms. The monoisotopic (exact) mass is 953 g/mol. The van der Waals surface area contributed by atoms with Gasteiger partial charge in [0.25, 0.3) is 0 Å². The van der Waals surface area contributed by atoms with Gasteiger partial charge < -0.3 is 39.4 Å². The number of ether oxygens (including phenoxy) is 4. The van der Waals surface area contributed by atoms with Crippen LogP contribution in [0.2, 0.25) is 0 Å². The predicted molar refractivity (Wildman–Crippen MR) is 275 cm³/mol. The van der Waals surface area contributed by atoms with Gasteiger partial charge in [-0.2, -0.15) is 0 Å². The van der Waals surface area contributed by atoms with E-state index in [2.05, 4.69) is 26.0 Å². The zero-order valence-electron chi connectivity index (χ0n) is 43.7. The molecule has 1 rings (SSSR count). The van der Waals surface area contributed by atoms with E-state index in [1.807, 2.05) is 0 Å². The van der Waals surface area contributed by atoms with Crippen molar-refractivity contribution in [3.05, 3.63) is 12.2 Å². The van der Waals surface area contributed by atoms with Crippen molar-refractivity contribution < 1.29 is 49.0 Å². The summed E-state index contributed by atoms with van der Waals surface area (Å²) in [6.07, 6.45) is 48.1. The van der Waals surface area contributed by atoms with Gasteiger partial charge in [0, 0.05) is 12.8 Å². The molecule has 0 aromatic carbocycles. The van der Waals surface area contributed by atoms with Gasteiger partial charge in [0.15, 0.2) is 12.4 Å². The van der Waals surface area contributed by atoms with Crippen LogP contribution in [0.1, 0.15) is 284 Å². The van der Waals surface area contributed by atoms with E-state index >= 15 is 0 Å². The fraction of sp³-hybridized carbons (Fsp3) is 0.930. The summed E-state index contributed by atoms with van der Waals surface area (Å²) in [6, 6.07) is 0. The molecule has 0 radical (unpaired) electrons. The zero-order valence-corrected chi connectivity index (χ0v) is 43.7. The van der Waals surface area contributed by atoms with Gasteiger partial charge in [-0.25, -0.2) is 0 Å². The van der Waals surface area contributed by atoms with Crippen molar-refractivity contribution in [3.63, 3.8) is 0 Å². The molecule has 10 heteroatoms. The van der Waals surface area contributed by atoms with E-state index in [9.17, 15) is 30.0 Å². The van der Waals surface area contributed by atoms with Gasteiger partial charge >= 0.3 is 11.9 Å². The van der Waals surface area contributed by atoms with Crippen LogP contribution in [-0.4, -0.2) is 89.0 Å². The lowest BCUT2D eigenvalue weighted by Crippen LogP contribution is -2.59. The third kappa shape index (κ3) is 38.8. The van der Waals surface area contributed by atoms with E-state index in [0.29, 0.717) is 6.42 Å². The molecule has 0 aliphatic carbocycles. The van der Waals surface area contributed by atoms with Gasteiger partial charge in [0.2, 0.25) is 0 Å². The van der Waals surface area contributed by atoms with Crippen molar-refractivity contribution in [2.75, 3.05) is 19.8 Å². The van der Waals surface area contributed by atoms with E-state index in [1.54, 1.807) is 0 Å². The number of hydrogen-bond donors (Lipinski definition) is 4. The van der Waals surface area contributed by atoms with Crippen molar-refractivity contribution in [1.82, 2.24) is 0 Å². The molecule has 0 saturated carbocycles. The second kappa shape index (κ2) is 48.1. The Morgan fingerprint density at radius 3 is 1.21 bits per heavy atom. The molecule has 1 saturated heterocycles. The van der Waals surface area contributed by atoms with Crippen LogP contribution in [0.3, 0.4) is 0 Å². The largest absolute Gasteiger partial charge is 0.462 e. The van der Waals surface area contributed by atoms with Gasteiger partial charge in [-0.15, -0.1) is 0 Å². The molecule has 0 aromatic rings. The summed E-state index contributed by atoms with van der Waals surface area (Å²) in [5.74, 6) is -0.824. The van der Waals surface area contributed by atoms with Crippen LogP contribution < -0.4 is 0 Å². The molecule has 1 aliphatic heterocycles. The zero-order chi connectivity index (χ0) is 48.7. The molecular formula is C57H108O10. The molecule has 1 fully saturated rings. The smallest absolute Gasteiger partial charge is 0.306 e. The summed E-state index contributed by atoms with van der Waals surface area (Å²) >= 11 is 0. The summed E-state index contributed by atoms with van der Waals surface area (Å²) in [4.78, 5) is 25.5. The number of allylic oxidation sites excluding steroid dienone is 2. The van der Waals surface area contributed by atoms with E-state index in [-0.39, 0.29) is 32.0 Å². The van der Waals surface area contributed by atoms with Crippen LogP contribution >= 0.6 is 0 Å². The summed E-state index contributed by atoms with van der Waals surface area (Å²) in [5, 5.41) is 40.3. The van der Waals surface area contributed by atoms with Crippen molar-refractivity contribution >= 4 is 11.9 Å². The molecule has 10 nitrogen and oxygen atoms in total. The van der Waals surface area contributed by atoms with Crippen molar-refractivity contribution in [1.29, 1.82) is 0 Å². The Morgan fingerprint density at radius 1 is 0.448 bits per heavy atom. The lowest BCUT2D eigenvalue weighted by Gasteiger charge is -2.39. The molecule has 396 valence electrons. The van der Waals surface area contributed by atoms with E-state index < -0.39 is 49.4 Å². The molecule has 0 amide bonds. The number of aliphatic hydroxyl groups is 4. The lowest BCUT2D eigenvalue weighted by molar-refractivity contribution is -0.305. The van der Waals surface area contributed by atoms with E-state index in [0.717, 1.165) is 32.1 Å². The molecule has 6 atom stereocenters. The second-order valence-corrected chi connectivity index (χ2v) is 20.1. The van der Waals surface area contributed by atoms with Gasteiger partial charge in [-0.3, -0.25) is 9.59 Å². The van der Waals surface area contributed by atoms with Gasteiger partial charge in [0.05, 0.1) is 13.2 Å². The Morgan fingerprint density at radius 2 is 0.806 bits per heavy atom. The number of carbonyl (C=O) groups excluding carboxylic acids is 2. The van der Waals surface area contributed by atoms with Gasteiger partial charge in [-0.1, -0.05) is 251 Å². The number of carbonyl (C=O) groups is 2. The maximum absolute atomic E-state index is 12.9. The van der Waals surface area contributed by atoms with Crippen LogP contribution in [-0.2, 0) is 28.5 Å². The van der Waals surface area contributed by atoms with Crippen molar-refractivity contribution in [2.24, 2.45) is 0 Å². The number of rotatable bonds is 50. The van der Waals surface area contributed by atoms with Crippen molar-refractivity contribution in [2.45, 2.75) is 320 Å². The Bertz CT molecular complexity index is 1100. The van der Waals surface area contributed by atoms with E-state index in [1.165, 1.54) is 218 Å². The van der Waals surface area contributed by atoms with Crippen molar-refractivity contribution in [3.8, 4) is 0 Å². The highest BCUT2D eigenvalue weighted by molar-refractivity contribution is 5.70. The fourth-order valence-corrected chi connectivity index (χ4v) is 9.14. The number of hydrogen-bond acceptors (Lipinski definition) is 10. The second-order valence-electron chi connectivity index (χ2n) is 20.1. The quantitative estimate of drug-likeness (QED) is 0.0263. The molecule has 4 N–H and O–H groups in total. The Hall–Kier alpha value is -1.56. The van der Waals surface area contributed by atoms with Crippen LogP contribution in [0.15, 0.2) is 12.2 Å². The first-order valence-electron chi connectivity index (χ1n) is 28.8. The number of unbranched alkanes of at least 4 members (excludes halogenated alkanes) is 37. The molecule has 0 spiro atoms. The first kappa shape index (κ1) is 63.5. The van der Waals surface area contributed by atoms with E-state index in [4.69, 9.17) is 18.9 Å². The third-order valence-corrected chi connectivity index (χ3v) is 13.7. The maximum Gasteiger partial charge on any atom is 0.306 e. The summed E-state index contributed by atoms with van der Waals surface area (Å²) in [6.45, 7) is 3.47. The minimum Gasteiger partial charge on any atom is -0.462 e. The van der Waals surface area contributed by atoms with Gasteiger partial charge in [0.1, 0.15) is 31.0 Å². The molecule has 0 aromatic heterocycles. The van der Waals surface area contributed by atoms with Crippen LogP contribution in [0, 0.1) is 0 Å². The average molecular weight is 953 g/mol. The highest BCUT2D eigenvalue weighted by atomic mass is 16.7. The first-order valence-corrected chi connectivity index (χ1v) is 28.8. The lowest BCUT2D eigenvalue weighted by atomic mass is 9.99. The average Bonchev–Trinajstić information content (AvgIpc) is 3.33. The SMILES string of the molecule is CCCCCCCCCCCCCCCCCCCC/C=C/CCCC(=O)O[C@H](COC(=O)CCCCCCCCCCCCCCCCCCCCC)CO[C@@H]1O[C@H](CO)[C@H](O)C(O)C1O. The summed E-state index contributed by atoms with van der Waals surface area (Å²) in [5.41, 5.74) is 0. The highest BCUT2D eigenvalue weighted by Gasteiger charge is 2.44. The molecule has 2 unspecified atom stereocenters. The minimum absolute atomic E-state index is 0.188. The fourth-order valence-electron chi connectivity index (χ4n) is 9.14.